The summed E-state index contributed by atoms with van der Waals surface area (Å²) in [6.45, 7) is 1.28. The monoisotopic (exact) mass is 426 g/mol. The summed E-state index contributed by atoms with van der Waals surface area (Å²) in [6, 6.07) is 15.5. The number of imide groups is 1. The number of amides is 3. The third-order valence-corrected chi connectivity index (χ3v) is 6.70. The molecule has 0 bridgehead atoms. The highest BCUT2D eigenvalue weighted by Crippen LogP contribution is 2.39. The summed E-state index contributed by atoms with van der Waals surface area (Å²) in [5.41, 5.74) is 6.98. The number of hydrogen-bond donors (Lipinski definition) is 1. The van der Waals surface area contributed by atoms with Crippen LogP contribution in [0.2, 0.25) is 0 Å². The number of carbonyl (C=O) groups is 3. The molecule has 3 aliphatic rings. The van der Waals surface area contributed by atoms with Crippen molar-refractivity contribution in [3.63, 3.8) is 0 Å². The summed E-state index contributed by atoms with van der Waals surface area (Å²) in [4.78, 5) is 38.4. The highest BCUT2D eigenvalue weighted by Gasteiger charge is 2.39. The fraction of sp³-hybridized carbons (Fsp3) is 0.280. The smallest absolute Gasteiger partial charge is 0.255 e. The van der Waals surface area contributed by atoms with Crippen molar-refractivity contribution >= 4 is 17.7 Å². The van der Waals surface area contributed by atoms with Crippen LogP contribution in [0, 0.1) is 0 Å². The number of fused-ring (bicyclic) bond motifs is 2. The molecule has 1 fully saturated rings. The molecule has 1 aromatic heterocycles. The highest BCUT2D eigenvalue weighted by atomic mass is 16.2. The van der Waals surface area contributed by atoms with Gasteiger partial charge in [-0.25, -0.2) is 0 Å². The van der Waals surface area contributed by atoms with Crippen LogP contribution in [0.5, 0.6) is 0 Å². The lowest BCUT2D eigenvalue weighted by molar-refractivity contribution is -0.136. The van der Waals surface area contributed by atoms with Crippen molar-refractivity contribution in [2.45, 2.75) is 44.8 Å². The zero-order valence-electron chi connectivity index (χ0n) is 17.5. The zero-order valence-corrected chi connectivity index (χ0v) is 17.5. The summed E-state index contributed by atoms with van der Waals surface area (Å²) in [6.07, 6.45) is 2.72. The molecule has 6 rings (SSSR count). The van der Waals surface area contributed by atoms with Crippen LogP contribution in [0.1, 0.15) is 40.9 Å². The summed E-state index contributed by atoms with van der Waals surface area (Å²) in [5.74, 6) is -0.824. The molecule has 3 aromatic rings. The number of nitrogens with one attached hydrogen (secondary N) is 1. The standard InChI is InChI=1S/C25H22N4O3/c30-21-11-10-20(24(31)26-21)28-14-17-13-16(8-9-18(17)25(28)32)23-22(15-5-2-1-3-6-15)19-7-4-12-29(19)27-23/h1-3,5-6,8-9,13,20H,4,7,10-12,14H2,(H,26,30,31). The largest absolute Gasteiger partial charge is 0.322 e. The molecule has 0 saturated carbocycles. The second kappa shape index (κ2) is 7.15. The number of aromatic nitrogens is 2. The molecular formula is C25H22N4O3. The first-order chi connectivity index (χ1) is 15.6. The number of nitrogens with zero attached hydrogens (tertiary/aromatic N) is 3. The van der Waals surface area contributed by atoms with Crippen LogP contribution in [0.4, 0.5) is 0 Å². The normalized spacial score (nSPS) is 19.8. The molecule has 160 valence electrons. The molecule has 3 aliphatic heterocycles. The van der Waals surface area contributed by atoms with E-state index in [1.54, 1.807) is 4.90 Å². The Kier molecular flexibility index (Phi) is 4.24. The van der Waals surface area contributed by atoms with E-state index in [0.717, 1.165) is 47.3 Å². The fourth-order valence-corrected chi connectivity index (χ4v) is 5.16. The molecule has 0 aliphatic carbocycles. The van der Waals surface area contributed by atoms with Crippen molar-refractivity contribution in [3.8, 4) is 22.4 Å². The van der Waals surface area contributed by atoms with Crippen molar-refractivity contribution in [3.05, 3.63) is 65.4 Å². The van der Waals surface area contributed by atoms with Crippen molar-refractivity contribution in [1.29, 1.82) is 0 Å². The Hall–Kier alpha value is -3.74. The number of piperidine rings is 1. The van der Waals surface area contributed by atoms with E-state index in [-0.39, 0.29) is 24.1 Å². The summed E-state index contributed by atoms with van der Waals surface area (Å²) in [5, 5.41) is 7.28. The van der Waals surface area contributed by atoms with Gasteiger partial charge in [-0.15, -0.1) is 0 Å². The maximum atomic E-state index is 13.0. The van der Waals surface area contributed by atoms with E-state index in [2.05, 4.69) is 22.1 Å². The van der Waals surface area contributed by atoms with Gasteiger partial charge in [0.2, 0.25) is 11.8 Å². The summed E-state index contributed by atoms with van der Waals surface area (Å²) < 4.78 is 2.10. The van der Waals surface area contributed by atoms with E-state index < -0.39 is 6.04 Å². The van der Waals surface area contributed by atoms with Crippen LogP contribution in [0.15, 0.2) is 48.5 Å². The number of aryl methyl sites for hydroxylation is 1. The Morgan fingerprint density at radius 1 is 0.969 bits per heavy atom. The number of rotatable bonds is 3. The fourth-order valence-electron chi connectivity index (χ4n) is 5.16. The van der Waals surface area contributed by atoms with Crippen LogP contribution >= 0.6 is 0 Å². The first-order valence-electron chi connectivity index (χ1n) is 11.0. The number of benzene rings is 2. The molecule has 0 radical (unpaired) electrons. The van der Waals surface area contributed by atoms with E-state index in [0.29, 0.717) is 18.5 Å². The minimum atomic E-state index is -0.604. The molecule has 7 nitrogen and oxygen atoms in total. The van der Waals surface area contributed by atoms with Crippen LogP contribution in [-0.2, 0) is 29.1 Å². The van der Waals surface area contributed by atoms with Crippen LogP contribution < -0.4 is 5.32 Å². The molecular weight excluding hydrogens is 404 g/mol. The maximum absolute atomic E-state index is 13.0. The Balaban J connectivity index is 1.38. The lowest BCUT2D eigenvalue weighted by Crippen LogP contribution is -2.52. The molecule has 4 heterocycles. The molecule has 1 N–H and O–H groups in total. The molecule has 1 unspecified atom stereocenters. The molecule has 1 atom stereocenters. The van der Waals surface area contributed by atoms with Gasteiger partial charge in [-0.1, -0.05) is 36.4 Å². The topological polar surface area (TPSA) is 84.3 Å². The van der Waals surface area contributed by atoms with Gasteiger partial charge in [0.15, 0.2) is 0 Å². The Morgan fingerprint density at radius 3 is 2.62 bits per heavy atom. The van der Waals surface area contributed by atoms with Crippen molar-refractivity contribution in [1.82, 2.24) is 20.0 Å². The van der Waals surface area contributed by atoms with Gasteiger partial charge in [0, 0.05) is 41.9 Å². The SMILES string of the molecule is O=C1CCC(N2Cc3cc(-c4nn5c(c4-c4ccccc4)CCC5)ccc3C2=O)C(=O)N1. The maximum Gasteiger partial charge on any atom is 0.255 e. The van der Waals surface area contributed by atoms with Crippen LogP contribution in [0.25, 0.3) is 22.4 Å². The first kappa shape index (κ1) is 19.0. The molecule has 1 saturated heterocycles. The highest BCUT2D eigenvalue weighted by molar-refractivity contribution is 6.05. The van der Waals surface area contributed by atoms with E-state index in [4.69, 9.17) is 5.10 Å². The molecule has 0 spiro atoms. The molecule has 32 heavy (non-hydrogen) atoms. The average Bonchev–Trinajstić information content (AvgIpc) is 3.47. The van der Waals surface area contributed by atoms with Gasteiger partial charge in [0.1, 0.15) is 11.7 Å². The Labute approximate surface area is 185 Å². The second-order valence-electron chi connectivity index (χ2n) is 8.63. The lowest BCUT2D eigenvalue weighted by atomic mass is 9.96. The Bertz CT molecular complexity index is 1280. The van der Waals surface area contributed by atoms with E-state index >= 15 is 0 Å². The third-order valence-electron chi connectivity index (χ3n) is 6.70. The van der Waals surface area contributed by atoms with Gasteiger partial charge in [0.25, 0.3) is 5.91 Å². The zero-order chi connectivity index (χ0) is 21.8. The third kappa shape index (κ3) is 2.88. The van der Waals surface area contributed by atoms with Crippen LogP contribution in [0.3, 0.4) is 0 Å². The van der Waals surface area contributed by atoms with Crippen molar-refractivity contribution < 1.29 is 14.4 Å². The molecule has 3 amide bonds. The van der Waals surface area contributed by atoms with Gasteiger partial charge in [-0.2, -0.15) is 5.10 Å². The van der Waals surface area contributed by atoms with Gasteiger partial charge < -0.3 is 4.90 Å². The van der Waals surface area contributed by atoms with Gasteiger partial charge >= 0.3 is 0 Å². The van der Waals surface area contributed by atoms with Crippen molar-refractivity contribution in [2.75, 3.05) is 0 Å². The van der Waals surface area contributed by atoms with Crippen molar-refractivity contribution in [2.24, 2.45) is 0 Å². The van der Waals surface area contributed by atoms with Crippen LogP contribution in [-0.4, -0.2) is 38.4 Å². The van der Waals surface area contributed by atoms with E-state index in [1.807, 2.05) is 36.4 Å². The summed E-state index contributed by atoms with van der Waals surface area (Å²) >= 11 is 0. The lowest BCUT2D eigenvalue weighted by Gasteiger charge is -2.29. The number of hydrogen-bond acceptors (Lipinski definition) is 4. The van der Waals surface area contributed by atoms with Gasteiger partial charge in [0.05, 0.1) is 0 Å². The second-order valence-corrected chi connectivity index (χ2v) is 8.63. The number of carbonyl (C=O) groups excluding carboxylic acids is 3. The van der Waals surface area contributed by atoms with Gasteiger partial charge in [-0.05, 0) is 42.5 Å². The first-order valence-corrected chi connectivity index (χ1v) is 11.0. The van der Waals surface area contributed by atoms with E-state index in [1.165, 1.54) is 5.69 Å². The quantitative estimate of drug-likeness (QED) is 0.653. The van der Waals surface area contributed by atoms with E-state index in [9.17, 15) is 14.4 Å². The minimum absolute atomic E-state index is 0.156. The summed E-state index contributed by atoms with van der Waals surface area (Å²) in [7, 11) is 0. The minimum Gasteiger partial charge on any atom is -0.322 e. The molecule has 2 aromatic carbocycles. The van der Waals surface area contributed by atoms with Gasteiger partial charge in [-0.3, -0.25) is 24.4 Å². The predicted molar refractivity (Wildman–Crippen MR) is 117 cm³/mol. The molecule has 7 heteroatoms. The predicted octanol–water partition coefficient (Wildman–Crippen LogP) is 2.92. The average molecular weight is 426 g/mol. The Morgan fingerprint density at radius 2 is 1.81 bits per heavy atom.